The molecule has 6 nitrogen and oxygen atoms in total. The number of phenols is 1. The molecule has 1 aromatic heterocycles. The Kier molecular flexibility index (Phi) is 6.79. The number of esters is 1. The molecule has 3 aromatic rings. The Morgan fingerprint density at radius 3 is 2.63 bits per heavy atom. The highest BCUT2D eigenvalue weighted by atomic mass is 32.2. The van der Waals surface area contributed by atoms with Crippen LogP contribution >= 0.6 is 11.8 Å². The van der Waals surface area contributed by atoms with Crippen molar-refractivity contribution in [2.75, 3.05) is 7.11 Å². The number of methoxy groups -OCH3 is 1. The third kappa shape index (κ3) is 5.01. The topological polar surface area (TPSA) is 97.0 Å². The van der Waals surface area contributed by atoms with Gasteiger partial charge in [0.25, 0.3) is 0 Å². The monoisotopic (exact) mass is 430 g/mol. The molecule has 3 rings (SSSR count). The summed E-state index contributed by atoms with van der Waals surface area (Å²) in [5.74, 6) is -2.31. The average molecular weight is 430 g/mol. The van der Waals surface area contributed by atoms with Crippen LogP contribution in [0.3, 0.4) is 0 Å². The van der Waals surface area contributed by atoms with Gasteiger partial charge in [0.15, 0.2) is 5.76 Å². The fourth-order valence-corrected chi connectivity index (χ4v) is 3.75. The van der Waals surface area contributed by atoms with Gasteiger partial charge in [-0.15, -0.1) is 11.8 Å². The second-order valence-corrected chi connectivity index (χ2v) is 7.45. The summed E-state index contributed by atoms with van der Waals surface area (Å²) in [4.78, 5) is 24.7. The molecule has 156 valence electrons. The zero-order chi connectivity index (χ0) is 21.7. The largest absolute Gasteiger partial charge is 0.508 e. The first-order valence-electron chi connectivity index (χ1n) is 8.98. The number of rotatable bonds is 7. The zero-order valence-corrected chi connectivity index (χ0v) is 16.8. The highest BCUT2D eigenvalue weighted by molar-refractivity contribution is 7.98. The van der Waals surface area contributed by atoms with Crippen molar-refractivity contribution in [3.05, 3.63) is 87.7 Å². The van der Waals surface area contributed by atoms with Crippen molar-refractivity contribution < 1.29 is 28.6 Å². The Morgan fingerprint density at radius 1 is 1.17 bits per heavy atom. The highest BCUT2D eigenvalue weighted by Crippen LogP contribution is 2.35. The molecule has 2 N–H and O–H groups in total. The summed E-state index contributed by atoms with van der Waals surface area (Å²) in [5, 5.41) is 20.2. The highest BCUT2D eigenvalue weighted by Gasteiger charge is 2.27. The maximum Gasteiger partial charge on any atom is 0.306 e. The molecule has 0 bridgehead atoms. The molecule has 0 aliphatic heterocycles. The molecular weight excluding hydrogens is 411 g/mol. The molecule has 0 radical (unpaired) electrons. The van der Waals surface area contributed by atoms with Gasteiger partial charge in [-0.05, 0) is 29.8 Å². The van der Waals surface area contributed by atoms with Crippen molar-refractivity contribution in [3.63, 3.8) is 0 Å². The van der Waals surface area contributed by atoms with Crippen LogP contribution in [0.5, 0.6) is 11.5 Å². The molecule has 1 atom stereocenters. The normalized spacial score (nSPS) is 11.8. The van der Waals surface area contributed by atoms with Crippen molar-refractivity contribution in [3.8, 4) is 11.5 Å². The molecule has 2 aromatic carbocycles. The lowest BCUT2D eigenvalue weighted by Gasteiger charge is -2.17. The van der Waals surface area contributed by atoms with Crippen LogP contribution < -0.4 is 5.43 Å². The van der Waals surface area contributed by atoms with Crippen LogP contribution in [-0.4, -0.2) is 23.3 Å². The average Bonchev–Trinajstić information content (AvgIpc) is 2.73. The van der Waals surface area contributed by atoms with E-state index in [0.29, 0.717) is 10.5 Å². The molecule has 8 heteroatoms. The Bertz CT molecular complexity index is 1110. The van der Waals surface area contributed by atoms with E-state index in [2.05, 4.69) is 0 Å². The van der Waals surface area contributed by atoms with Gasteiger partial charge in [0.1, 0.15) is 17.3 Å². The first-order valence-corrected chi connectivity index (χ1v) is 9.96. The number of aromatic hydroxyl groups is 2. The summed E-state index contributed by atoms with van der Waals surface area (Å²) >= 11 is 1.13. The van der Waals surface area contributed by atoms with E-state index in [1.54, 1.807) is 30.3 Å². The van der Waals surface area contributed by atoms with Crippen LogP contribution in [0.25, 0.3) is 0 Å². The predicted molar refractivity (Wildman–Crippen MR) is 109 cm³/mol. The van der Waals surface area contributed by atoms with Crippen molar-refractivity contribution in [1.29, 1.82) is 0 Å². The standard InChI is InChI=1S/C22H19FO6S/c1-28-20(26)11-16(13-5-4-6-14(24)9-13)22-21(27)18(25)10-15(29-22)12-30-19-8-3-2-7-17(19)23/h2-10,16,24,27H,11-12H2,1H3. The molecule has 0 saturated carbocycles. The number of thioether (sulfide) groups is 1. The number of carbonyl (C=O) groups excluding carboxylic acids is 1. The SMILES string of the molecule is COC(=O)CC(c1cccc(O)c1)c1oc(CSc2ccccc2F)cc(=O)c1O. The van der Waals surface area contributed by atoms with Gasteiger partial charge in [0.2, 0.25) is 11.2 Å². The van der Waals surface area contributed by atoms with E-state index in [9.17, 15) is 24.2 Å². The maximum absolute atomic E-state index is 13.9. The molecule has 0 fully saturated rings. The summed E-state index contributed by atoms with van der Waals surface area (Å²) in [6, 6.07) is 13.4. The van der Waals surface area contributed by atoms with Crippen LogP contribution in [0.2, 0.25) is 0 Å². The molecule has 0 aliphatic carbocycles. The molecule has 0 aliphatic rings. The Morgan fingerprint density at radius 2 is 1.93 bits per heavy atom. The number of halogens is 1. The van der Waals surface area contributed by atoms with Gasteiger partial charge < -0.3 is 19.4 Å². The Hall–Kier alpha value is -3.26. The van der Waals surface area contributed by atoms with Crippen LogP contribution in [0.1, 0.15) is 29.4 Å². The zero-order valence-electron chi connectivity index (χ0n) is 16.0. The van der Waals surface area contributed by atoms with E-state index in [0.717, 1.165) is 17.8 Å². The van der Waals surface area contributed by atoms with Crippen molar-refractivity contribution in [1.82, 2.24) is 0 Å². The van der Waals surface area contributed by atoms with E-state index in [-0.39, 0.29) is 29.4 Å². The van der Waals surface area contributed by atoms with Gasteiger partial charge in [0.05, 0.1) is 25.2 Å². The van der Waals surface area contributed by atoms with E-state index >= 15 is 0 Å². The Labute approximate surface area is 175 Å². The van der Waals surface area contributed by atoms with Gasteiger partial charge in [-0.3, -0.25) is 9.59 Å². The van der Waals surface area contributed by atoms with Crippen LogP contribution in [-0.2, 0) is 15.3 Å². The number of carbonyl (C=O) groups is 1. The van der Waals surface area contributed by atoms with Gasteiger partial charge in [-0.1, -0.05) is 24.3 Å². The number of ether oxygens (including phenoxy) is 1. The quantitative estimate of drug-likeness (QED) is 0.429. The van der Waals surface area contributed by atoms with Gasteiger partial charge in [-0.25, -0.2) is 4.39 Å². The van der Waals surface area contributed by atoms with E-state index in [4.69, 9.17) is 9.15 Å². The summed E-state index contributed by atoms with van der Waals surface area (Å²) in [7, 11) is 1.22. The second kappa shape index (κ2) is 9.49. The molecule has 1 heterocycles. The number of phenolic OH excluding ortho intramolecular Hbond substituents is 1. The second-order valence-electron chi connectivity index (χ2n) is 6.44. The lowest BCUT2D eigenvalue weighted by molar-refractivity contribution is -0.140. The van der Waals surface area contributed by atoms with Crippen molar-refractivity contribution in [2.24, 2.45) is 0 Å². The molecule has 0 spiro atoms. The number of hydrogen-bond acceptors (Lipinski definition) is 7. The summed E-state index contributed by atoms with van der Waals surface area (Å²) in [6.07, 6.45) is -0.222. The minimum absolute atomic E-state index is 0.0459. The fraction of sp³-hybridized carbons (Fsp3) is 0.182. The van der Waals surface area contributed by atoms with E-state index < -0.39 is 28.9 Å². The predicted octanol–water partition coefficient (Wildman–Crippen LogP) is 4.18. The van der Waals surface area contributed by atoms with Crippen molar-refractivity contribution >= 4 is 17.7 Å². The first-order chi connectivity index (χ1) is 14.4. The van der Waals surface area contributed by atoms with Gasteiger partial charge >= 0.3 is 5.97 Å². The summed E-state index contributed by atoms with van der Waals surface area (Å²) < 4.78 is 24.4. The lowest BCUT2D eigenvalue weighted by atomic mass is 9.92. The van der Waals surface area contributed by atoms with Crippen LogP contribution in [0, 0.1) is 5.82 Å². The Balaban J connectivity index is 1.99. The first kappa shape index (κ1) is 21.4. The number of hydrogen-bond donors (Lipinski definition) is 2. The molecule has 1 unspecified atom stereocenters. The molecule has 30 heavy (non-hydrogen) atoms. The minimum Gasteiger partial charge on any atom is -0.508 e. The van der Waals surface area contributed by atoms with Gasteiger partial charge in [-0.2, -0.15) is 0 Å². The third-order valence-electron chi connectivity index (χ3n) is 4.39. The van der Waals surface area contributed by atoms with Gasteiger partial charge in [0, 0.05) is 11.0 Å². The van der Waals surface area contributed by atoms with Crippen LogP contribution in [0.4, 0.5) is 4.39 Å². The molecule has 0 amide bonds. The van der Waals surface area contributed by atoms with E-state index in [1.165, 1.54) is 25.3 Å². The summed E-state index contributed by atoms with van der Waals surface area (Å²) in [6.45, 7) is 0. The van der Waals surface area contributed by atoms with Crippen LogP contribution in [0.15, 0.2) is 68.7 Å². The molecule has 0 saturated heterocycles. The van der Waals surface area contributed by atoms with E-state index in [1.807, 2.05) is 0 Å². The maximum atomic E-state index is 13.9. The number of benzene rings is 2. The lowest BCUT2D eigenvalue weighted by Crippen LogP contribution is -2.14. The third-order valence-corrected chi connectivity index (χ3v) is 5.46. The fourth-order valence-electron chi connectivity index (χ4n) is 2.93. The molecular formula is C22H19FO6S. The minimum atomic E-state index is -0.865. The van der Waals surface area contributed by atoms with Crippen molar-refractivity contribution in [2.45, 2.75) is 23.0 Å². The smallest absolute Gasteiger partial charge is 0.306 e. The summed E-state index contributed by atoms with van der Waals surface area (Å²) in [5.41, 5.74) is -0.229.